The molecule has 1 saturated heterocycles. The number of hydrogen-bond donors (Lipinski definition) is 1. The van der Waals surface area contributed by atoms with E-state index in [0.29, 0.717) is 5.69 Å². The van der Waals surface area contributed by atoms with Crippen LogP contribution in [0.4, 0.5) is 10.5 Å². The van der Waals surface area contributed by atoms with E-state index in [0.717, 1.165) is 21.1 Å². The van der Waals surface area contributed by atoms with Crippen molar-refractivity contribution in [2.75, 3.05) is 11.9 Å². The second kappa shape index (κ2) is 6.91. The minimum atomic E-state index is -0.659. The first-order valence-corrected chi connectivity index (χ1v) is 7.87. The van der Waals surface area contributed by atoms with Crippen LogP contribution in [-0.2, 0) is 9.59 Å². The fourth-order valence-electron chi connectivity index (χ4n) is 1.84. The minimum Gasteiger partial charge on any atom is -0.326 e. The summed E-state index contributed by atoms with van der Waals surface area (Å²) in [6.07, 6.45) is 1.46. The van der Waals surface area contributed by atoms with Crippen LogP contribution in [-0.4, -0.2) is 33.7 Å². The van der Waals surface area contributed by atoms with Crippen LogP contribution < -0.4 is 5.32 Å². The van der Waals surface area contributed by atoms with Crippen molar-refractivity contribution >= 4 is 50.4 Å². The minimum absolute atomic E-state index is 0.0288. The molecule has 0 aliphatic carbocycles. The fraction of sp³-hybridized carbons (Fsp3) is 0.214. The molecule has 1 aromatic carbocycles. The molecule has 1 atom stereocenters. The Morgan fingerprint density at radius 3 is 2.67 bits per heavy atom. The summed E-state index contributed by atoms with van der Waals surface area (Å²) in [6, 6.07) is 7.11. The molecule has 0 spiro atoms. The van der Waals surface area contributed by atoms with Crippen molar-refractivity contribution in [3.05, 3.63) is 41.4 Å². The quantitative estimate of drug-likeness (QED) is 0.811. The van der Waals surface area contributed by atoms with E-state index in [1.807, 2.05) is 0 Å². The second-order valence-corrected chi connectivity index (χ2v) is 6.44. The Hall–Kier alpha value is -1.60. The standard InChI is InChI=1S/C14H13BrN2O3S/c1-2-7-17-13(19)11(21-14(17)20)8-12(18)16-10-5-3-9(15)4-6-10/h2-6,11H,1,7-8H2,(H,16,18)/t11-/m1/s1. The first-order valence-electron chi connectivity index (χ1n) is 6.19. The number of anilines is 1. The fourth-order valence-corrected chi connectivity index (χ4v) is 3.10. The zero-order chi connectivity index (χ0) is 15.4. The molecule has 0 saturated carbocycles. The third-order valence-electron chi connectivity index (χ3n) is 2.82. The maximum Gasteiger partial charge on any atom is 0.289 e. The van der Waals surface area contributed by atoms with E-state index in [4.69, 9.17) is 0 Å². The number of carbonyl (C=O) groups excluding carboxylic acids is 3. The van der Waals surface area contributed by atoms with Crippen LogP contribution in [0.3, 0.4) is 0 Å². The van der Waals surface area contributed by atoms with E-state index < -0.39 is 5.25 Å². The summed E-state index contributed by atoms with van der Waals surface area (Å²) in [4.78, 5) is 36.7. The summed E-state index contributed by atoms with van der Waals surface area (Å²) >= 11 is 4.19. The molecule has 21 heavy (non-hydrogen) atoms. The number of amides is 3. The lowest BCUT2D eigenvalue weighted by Gasteiger charge is -2.11. The number of benzene rings is 1. The van der Waals surface area contributed by atoms with Gasteiger partial charge in [0.25, 0.3) is 5.24 Å². The highest BCUT2D eigenvalue weighted by atomic mass is 79.9. The molecule has 2 rings (SSSR count). The predicted molar refractivity (Wildman–Crippen MR) is 86.1 cm³/mol. The van der Waals surface area contributed by atoms with Crippen molar-refractivity contribution in [3.8, 4) is 0 Å². The molecule has 0 unspecified atom stereocenters. The van der Waals surface area contributed by atoms with E-state index in [-0.39, 0.29) is 30.0 Å². The Balaban J connectivity index is 1.94. The highest BCUT2D eigenvalue weighted by Gasteiger charge is 2.39. The van der Waals surface area contributed by atoms with Gasteiger partial charge in [-0.25, -0.2) is 0 Å². The Morgan fingerprint density at radius 2 is 2.05 bits per heavy atom. The number of nitrogens with zero attached hydrogens (tertiary/aromatic N) is 1. The van der Waals surface area contributed by atoms with Crippen molar-refractivity contribution < 1.29 is 14.4 Å². The first-order chi connectivity index (χ1) is 10.0. The third-order valence-corrected chi connectivity index (χ3v) is 4.42. The predicted octanol–water partition coefficient (Wildman–Crippen LogP) is 3.03. The van der Waals surface area contributed by atoms with Gasteiger partial charge in [-0.3, -0.25) is 19.3 Å². The van der Waals surface area contributed by atoms with Gasteiger partial charge in [0.2, 0.25) is 11.8 Å². The number of thioether (sulfide) groups is 1. The molecule has 1 fully saturated rings. The van der Waals surface area contributed by atoms with Gasteiger partial charge in [-0.2, -0.15) is 0 Å². The average Bonchev–Trinajstić information content (AvgIpc) is 2.69. The van der Waals surface area contributed by atoms with E-state index in [1.54, 1.807) is 24.3 Å². The zero-order valence-electron chi connectivity index (χ0n) is 11.0. The molecule has 7 heteroatoms. The van der Waals surface area contributed by atoms with Gasteiger partial charge < -0.3 is 5.32 Å². The largest absolute Gasteiger partial charge is 0.326 e. The molecule has 1 N–H and O–H groups in total. The van der Waals surface area contributed by atoms with Gasteiger partial charge >= 0.3 is 0 Å². The maximum absolute atomic E-state index is 12.0. The molecule has 3 amide bonds. The van der Waals surface area contributed by atoms with E-state index in [2.05, 4.69) is 27.8 Å². The lowest BCUT2D eigenvalue weighted by atomic mass is 10.2. The Labute approximate surface area is 134 Å². The van der Waals surface area contributed by atoms with Crippen molar-refractivity contribution in [2.24, 2.45) is 0 Å². The van der Waals surface area contributed by atoms with Crippen LogP contribution in [0.25, 0.3) is 0 Å². The van der Waals surface area contributed by atoms with Gasteiger partial charge in [-0.1, -0.05) is 33.8 Å². The van der Waals surface area contributed by atoms with E-state index in [9.17, 15) is 14.4 Å². The topological polar surface area (TPSA) is 66.5 Å². The molecule has 0 bridgehead atoms. The van der Waals surface area contributed by atoms with Gasteiger partial charge in [0.1, 0.15) is 5.25 Å². The Bertz CT molecular complexity index is 588. The van der Waals surface area contributed by atoms with Gasteiger partial charge in [-0.05, 0) is 24.3 Å². The summed E-state index contributed by atoms with van der Waals surface area (Å²) in [5.41, 5.74) is 0.646. The van der Waals surface area contributed by atoms with E-state index >= 15 is 0 Å². The molecule has 1 heterocycles. The SMILES string of the molecule is C=CCN1C(=O)S[C@H](CC(=O)Nc2ccc(Br)cc2)C1=O. The van der Waals surface area contributed by atoms with Crippen LogP contribution in [0, 0.1) is 0 Å². The molecule has 110 valence electrons. The Morgan fingerprint density at radius 1 is 1.38 bits per heavy atom. The number of carbonyl (C=O) groups is 3. The van der Waals surface area contributed by atoms with Gasteiger partial charge in [0, 0.05) is 23.1 Å². The number of rotatable bonds is 5. The zero-order valence-corrected chi connectivity index (χ0v) is 13.4. The van der Waals surface area contributed by atoms with Crippen molar-refractivity contribution in [1.82, 2.24) is 4.90 Å². The summed E-state index contributed by atoms with van der Waals surface area (Å²) in [5, 5.41) is 1.71. The van der Waals surface area contributed by atoms with Crippen molar-refractivity contribution in [3.63, 3.8) is 0 Å². The second-order valence-electron chi connectivity index (χ2n) is 4.37. The number of imide groups is 1. The molecular formula is C14H13BrN2O3S. The summed E-state index contributed by atoms with van der Waals surface area (Å²) in [6.45, 7) is 3.68. The monoisotopic (exact) mass is 368 g/mol. The van der Waals surface area contributed by atoms with Crippen LogP contribution in [0.5, 0.6) is 0 Å². The summed E-state index contributed by atoms with van der Waals surface area (Å²) < 4.78 is 0.910. The summed E-state index contributed by atoms with van der Waals surface area (Å²) in [5.74, 6) is -0.632. The molecule has 5 nitrogen and oxygen atoms in total. The molecule has 0 aromatic heterocycles. The van der Waals surface area contributed by atoms with Gasteiger partial charge in [-0.15, -0.1) is 6.58 Å². The molecule has 0 radical (unpaired) electrons. The molecule has 1 aromatic rings. The lowest BCUT2D eigenvalue weighted by molar-refractivity contribution is -0.128. The molecular weight excluding hydrogens is 356 g/mol. The smallest absolute Gasteiger partial charge is 0.289 e. The van der Waals surface area contributed by atoms with Crippen LogP contribution >= 0.6 is 27.7 Å². The van der Waals surface area contributed by atoms with Crippen LogP contribution in [0.1, 0.15) is 6.42 Å². The van der Waals surface area contributed by atoms with Gasteiger partial charge in [0.05, 0.1) is 0 Å². The average molecular weight is 369 g/mol. The maximum atomic E-state index is 12.0. The normalized spacial score (nSPS) is 18.0. The highest BCUT2D eigenvalue weighted by Crippen LogP contribution is 2.29. The summed E-state index contributed by atoms with van der Waals surface area (Å²) in [7, 11) is 0. The third kappa shape index (κ3) is 3.95. The first kappa shape index (κ1) is 15.8. The molecule has 1 aliphatic heterocycles. The highest BCUT2D eigenvalue weighted by molar-refractivity contribution is 9.10. The van der Waals surface area contributed by atoms with Crippen molar-refractivity contribution in [2.45, 2.75) is 11.7 Å². The van der Waals surface area contributed by atoms with Gasteiger partial charge in [0.15, 0.2) is 0 Å². The van der Waals surface area contributed by atoms with E-state index in [1.165, 1.54) is 6.08 Å². The number of nitrogens with one attached hydrogen (secondary N) is 1. The van der Waals surface area contributed by atoms with Crippen molar-refractivity contribution in [1.29, 1.82) is 0 Å². The van der Waals surface area contributed by atoms with Crippen LogP contribution in [0.15, 0.2) is 41.4 Å². The number of halogens is 1. The van der Waals surface area contributed by atoms with Crippen LogP contribution in [0.2, 0.25) is 0 Å². The Kier molecular flexibility index (Phi) is 5.19. The molecule has 1 aliphatic rings. The number of hydrogen-bond acceptors (Lipinski definition) is 4. The lowest BCUT2D eigenvalue weighted by Crippen LogP contribution is -2.33.